The normalized spacial score (nSPS) is 13.1. The molecule has 0 fully saturated rings. The lowest BCUT2D eigenvalue weighted by atomic mass is 10.0. The number of nitrogens with one attached hydrogen (secondary N) is 1. The Labute approximate surface area is 419 Å². The molecule has 0 saturated heterocycles. The van der Waals surface area contributed by atoms with E-state index in [1.165, 1.54) is 244 Å². The van der Waals surface area contributed by atoms with Crippen LogP contribution in [0.4, 0.5) is 0 Å². The van der Waals surface area contributed by atoms with Crippen LogP contribution in [0.1, 0.15) is 342 Å². The van der Waals surface area contributed by atoms with E-state index in [0.717, 1.165) is 51.4 Å². The van der Waals surface area contributed by atoms with Crippen LogP contribution in [0, 0.1) is 0 Å². The lowest BCUT2D eigenvalue weighted by Gasteiger charge is -2.24. The Kier molecular flexibility index (Phi) is 54.4. The largest absolute Gasteiger partial charge is 0.462 e. The molecule has 3 N–H and O–H groups in total. The van der Waals surface area contributed by atoms with Crippen molar-refractivity contribution in [2.75, 3.05) is 6.61 Å². The predicted molar refractivity (Wildman–Crippen MR) is 292 cm³/mol. The van der Waals surface area contributed by atoms with Crippen LogP contribution in [-0.4, -0.2) is 46.9 Å². The molecule has 6 nitrogen and oxygen atoms in total. The standard InChI is InChI=1S/C61H119NO5/c1-4-7-10-13-16-19-22-25-28-30-32-34-37-40-43-46-49-52-57(67-61(66)54-51-48-45-42-39-36-31-27-24-21-18-15-12-9-6-3)55-60(65)62-58(56-63)59(64)53-50-47-44-41-38-35-33-29-26-23-20-17-14-11-8-5-2/h25,28,57-59,63-64H,4-24,26-27,29-56H2,1-3H3,(H,62,65)/b28-25+. The second kappa shape index (κ2) is 55.5. The third-order valence-electron chi connectivity index (χ3n) is 14.3. The zero-order chi connectivity index (χ0) is 48.8. The highest BCUT2D eigenvalue weighted by Gasteiger charge is 2.24. The van der Waals surface area contributed by atoms with Crippen LogP contribution in [0.2, 0.25) is 0 Å². The first-order valence-electron chi connectivity index (χ1n) is 30.4. The highest BCUT2D eigenvalue weighted by atomic mass is 16.5. The maximum atomic E-state index is 13.3. The lowest BCUT2D eigenvalue weighted by Crippen LogP contribution is -2.46. The monoisotopic (exact) mass is 946 g/mol. The van der Waals surface area contributed by atoms with Gasteiger partial charge in [0.2, 0.25) is 5.91 Å². The van der Waals surface area contributed by atoms with Gasteiger partial charge in [-0.1, -0.05) is 290 Å². The van der Waals surface area contributed by atoms with Crippen LogP contribution in [0.15, 0.2) is 12.2 Å². The number of allylic oxidation sites excluding steroid dienone is 2. The minimum absolute atomic E-state index is 0.0826. The molecular weight excluding hydrogens is 827 g/mol. The molecule has 1 amide bonds. The third-order valence-corrected chi connectivity index (χ3v) is 14.3. The molecule has 3 atom stereocenters. The van der Waals surface area contributed by atoms with Crippen LogP contribution >= 0.6 is 0 Å². The number of unbranched alkanes of at least 4 members (excludes halogenated alkanes) is 42. The molecular formula is C61H119NO5. The summed E-state index contributed by atoms with van der Waals surface area (Å²) in [5.74, 6) is -0.452. The van der Waals surface area contributed by atoms with Crippen LogP contribution < -0.4 is 5.32 Å². The van der Waals surface area contributed by atoms with Crippen molar-refractivity contribution >= 4 is 11.9 Å². The van der Waals surface area contributed by atoms with Gasteiger partial charge in [-0.25, -0.2) is 0 Å². The van der Waals surface area contributed by atoms with Crippen molar-refractivity contribution in [2.45, 2.75) is 360 Å². The maximum absolute atomic E-state index is 13.3. The molecule has 0 aromatic rings. The number of esters is 1. The fraction of sp³-hybridized carbons (Fsp3) is 0.934. The Bertz CT molecular complexity index is 1020. The van der Waals surface area contributed by atoms with Crippen LogP contribution in [-0.2, 0) is 14.3 Å². The molecule has 3 unspecified atom stereocenters. The van der Waals surface area contributed by atoms with Crippen molar-refractivity contribution < 1.29 is 24.5 Å². The number of rotatable bonds is 56. The predicted octanol–water partition coefficient (Wildman–Crippen LogP) is 18.9. The van der Waals surface area contributed by atoms with E-state index in [9.17, 15) is 19.8 Å². The van der Waals surface area contributed by atoms with Gasteiger partial charge in [0.25, 0.3) is 0 Å². The lowest BCUT2D eigenvalue weighted by molar-refractivity contribution is -0.151. The molecule has 6 heteroatoms. The molecule has 0 bridgehead atoms. The molecule has 0 heterocycles. The number of amides is 1. The topological polar surface area (TPSA) is 95.9 Å². The number of aliphatic hydroxyl groups excluding tert-OH is 2. The van der Waals surface area contributed by atoms with E-state index >= 15 is 0 Å². The first-order chi connectivity index (χ1) is 33.0. The average Bonchev–Trinajstić information content (AvgIpc) is 3.32. The van der Waals surface area contributed by atoms with Crippen LogP contribution in [0.25, 0.3) is 0 Å². The van der Waals surface area contributed by atoms with Gasteiger partial charge in [-0.15, -0.1) is 0 Å². The summed E-state index contributed by atoms with van der Waals surface area (Å²) in [6.07, 6.45) is 64.2. The highest BCUT2D eigenvalue weighted by Crippen LogP contribution is 2.19. The molecule has 0 aromatic heterocycles. The molecule has 0 saturated carbocycles. The number of hydrogen-bond acceptors (Lipinski definition) is 5. The summed E-state index contributed by atoms with van der Waals surface area (Å²) in [4.78, 5) is 26.3. The van der Waals surface area contributed by atoms with Crippen LogP contribution in [0.5, 0.6) is 0 Å². The molecule has 0 radical (unpaired) electrons. The Morgan fingerprint density at radius 3 is 1.06 bits per heavy atom. The fourth-order valence-corrected chi connectivity index (χ4v) is 9.72. The summed E-state index contributed by atoms with van der Waals surface area (Å²) in [6, 6.07) is -0.698. The van der Waals surface area contributed by atoms with Crippen molar-refractivity contribution in [3.63, 3.8) is 0 Å². The van der Waals surface area contributed by atoms with Gasteiger partial charge in [0.1, 0.15) is 6.10 Å². The third kappa shape index (κ3) is 50.8. The van der Waals surface area contributed by atoms with E-state index in [0.29, 0.717) is 19.3 Å². The van der Waals surface area contributed by atoms with E-state index in [4.69, 9.17) is 4.74 Å². The van der Waals surface area contributed by atoms with Gasteiger partial charge in [0, 0.05) is 6.42 Å². The summed E-state index contributed by atoms with van der Waals surface area (Å²) in [6.45, 7) is 6.53. The molecule has 0 aliphatic carbocycles. The fourth-order valence-electron chi connectivity index (χ4n) is 9.72. The second-order valence-electron chi connectivity index (χ2n) is 21.1. The smallest absolute Gasteiger partial charge is 0.306 e. The summed E-state index contributed by atoms with van der Waals surface area (Å²) in [5, 5.41) is 23.9. The van der Waals surface area contributed by atoms with Crippen molar-refractivity contribution in [1.82, 2.24) is 5.32 Å². The molecule has 0 aromatic carbocycles. The summed E-state index contributed by atoms with van der Waals surface area (Å²) >= 11 is 0. The zero-order valence-corrected chi connectivity index (χ0v) is 45.6. The van der Waals surface area contributed by atoms with E-state index in [2.05, 4.69) is 38.2 Å². The van der Waals surface area contributed by atoms with Gasteiger partial charge in [0.15, 0.2) is 0 Å². The van der Waals surface area contributed by atoms with Gasteiger partial charge in [-0.2, -0.15) is 0 Å². The Hall–Kier alpha value is -1.40. The Balaban J connectivity index is 4.50. The van der Waals surface area contributed by atoms with Gasteiger partial charge < -0.3 is 20.3 Å². The number of aliphatic hydroxyl groups is 2. The minimum atomic E-state index is -0.784. The number of ether oxygens (including phenoxy) is 1. The van der Waals surface area contributed by atoms with Gasteiger partial charge in [0.05, 0.1) is 25.2 Å². The highest BCUT2D eigenvalue weighted by molar-refractivity contribution is 5.77. The SMILES string of the molecule is CCCCCCCC/C=C/CCCCCCCCCC(CC(=O)NC(CO)C(O)CCCCCCCCCCCCCCCCCC)OC(=O)CCCCCCCCCCCCCCCCC. The zero-order valence-electron chi connectivity index (χ0n) is 45.6. The van der Waals surface area contributed by atoms with Gasteiger partial charge in [-0.3, -0.25) is 9.59 Å². The van der Waals surface area contributed by atoms with E-state index in [-0.39, 0.29) is 24.9 Å². The van der Waals surface area contributed by atoms with Crippen molar-refractivity contribution in [3.8, 4) is 0 Å². The molecule has 0 aliphatic heterocycles. The molecule has 67 heavy (non-hydrogen) atoms. The quantitative estimate of drug-likeness (QED) is 0.0321. The van der Waals surface area contributed by atoms with Crippen molar-refractivity contribution in [1.29, 1.82) is 0 Å². The maximum Gasteiger partial charge on any atom is 0.306 e. The van der Waals surface area contributed by atoms with Gasteiger partial charge in [-0.05, 0) is 51.4 Å². The van der Waals surface area contributed by atoms with E-state index < -0.39 is 18.2 Å². The van der Waals surface area contributed by atoms with Gasteiger partial charge >= 0.3 is 5.97 Å². The number of carbonyl (C=O) groups excluding carboxylic acids is 2. The molecule has 0 aliphatic rings. The molecule has 398 valence electrons. The van der Waals surface area contributed by atoms with Crippen molar-refractivity contribution in [2.24, 2.45) is 0 Å². The van der Waals surface area contributed by atoms with E-state index in [1.54, 1.807) is 0 Å². The second-order valence-corrected chi connectivity index (χ2v) is 21.1. The Morgan fingerprint density at radius 1 is 0.418 bits per heavy atom. The van der Waals surface area contributed by atoms with E-state index in [1.807, 2.05) is 0 Å². The number of carbonyl (C=O) groups is 2. The number of hydrogen-bond donors (Lipinski definition) is 3. The minimum Gasteiger partial charge on any atom is -0.462 e. The molecule has 0 spiro atoms. The summed E-state index contributed by atoms with van der Waals surface area (Å²) in [7, 11) is 0. The van der Waals surface area contributed by atoms with Crippen molar-refractivity contribution in [3.05, 3.63) is 12.2 Å². The van der Waals surface area contributed by atoms with Crippen LogP contribution in [0.3, 0.4) is 0 Å². The molecule has 0 rings (SSSR count). The first-order valence-corrected chi connectivity index (χ1v) is 30.4. The average molecular weight is 947 g/mol. The first kappa shape index (κ1) is 65.6. The Morgan fingerprint density at radius 2 is 0.716 bits per heavy atom. The summed E-state index contributed by atoms with van der Waals surface area (Å²) in [5.41, 5.74) is 0. The summed E-state index contributed by atoms with van der Waals surface area (Å²) < 4.78 is 5.98.